The van der Waals surface area contributed by atoms with E-state index in [-0.39, 0.29) is 28.9 Å². The lowest BCUT2D eigenvalue weighted by atomic mass is 10.1. The van der Waals surface area contributed by atoms with Crippen molar-refractivity contribution in [3.63, 3.8) is 0 Å². The van der Waals surface area contributed by atoms with E-state index in [4.69, 9.17) is 14.2 Å². The number of methoxy groups -OCH3 is 1. The number of carbonyl (C=O) groups is 1. The minimum Gasteiger partial charge on any atom is -0.506 e. The zero-order valence-corrected chi connectivity index (χ0v) is 16.3. The third kappa shape index (κ3) is 3.72. The van der Waals surface area contributed by atoms with Crippen molar-refractivity contribution in [2.75, 3.05) is 13.9 Å². The van der Waals surface area contributed by atoms with Crippen LogP contribution in [-0.4, -0.2) is 34.9 Å². The molecule has 0 spiro atoms. The topological polar surface area (TPSA) is 120 Å². The zero-order chi connectivity index (χ0) is 21.3. The van der Waals surface area contributed by atoms with Crippen molar-refractivity contribution in [1.29, 1.82) is 0 Å². The zero-order valence-electron chi connectivity index (χ0n) is 15.5. The Hall–Kier alpha value is -3.79. The first-order valence-electron chi connectivity index (χ1n) is 8.61. The highest BCUT2D eigenvalue weighted by Crippen LogP contribution is 2.41. The van der Waals surface area contributed by atoms with Gasteiger partial charge in [-0.15, -0.1) is 0 Å². The van der Waals surface area contributed by atoms with Gasteiger partial charge in [0, 0.05) is 12.1 Å². The molecule has 30 heavy (non-hydrogen) atoms. The molecule has 10 heteroatoms. The predicted octanol–water partition coefficient (Wildman–Crippen LogP) is 4.13. The normalized spacial score (nSPS) is 17.6. The Morgan fingerprint density at radius 1 is 1.23 bits per heavy atom. The summed E-state index contributed by atoms with van der Waals surface area (Å²) < 4.78 is 15.4. The average Bonchev–Trinajstić information content (AvgIpc) is 3.32. The van der Waals surface area contributed by atoms with Crippen molar-refractivity contribution >= 4 is 40.2 Å². The van der Waals surface area contributed by atoms with Gasteiger partial charge in [0.05, 0.1) is 22.6 Å². The number of hydrogen-bond acceptors (Lipinski definition) is 9. The molecule has 152 valence electrons. The van der Waals surface area contributed by atoms with E-state index >= 15 is 0 Å². The second-order valence-electron chi connectivity index (χ2n) is 6.13. The Bertz CT molecular complexity index is 1140. The van der Waals surface area contributed by atoms with Gasteiger partial charge in [-0.2, -0.15) is 0 Å². The van der Waals surface area contributed by atoms with Crippen molar-refractivity contribution in [3.8, 4) is 11.5 Å². The van der Waals surface area contributed by atoms with Crippen LogP contribution in [0.3, 0.4) is 0 Å². The van der Waals surface area contributed by atoms with Crippen molar-refractivity contribution in [2.45, 2.75) is 0 Å². The molecule has 2 heterocycles. The van der Waals surface area contributed by atoms with E-state index in [0.29, 0.717) is 22.1 Å². The molecule has 2 aliphatic rings. The molecule has 2 aliphatic heterocycles. The summed E-state index contributed by atoms with van der Waals surface area (Å²) in [5.74, 6) is 0.218. The van der Waals surface area contributed by atoms with Gasteiger partial charge in [-0.25, -0.2) is 9.79 Å². The number of nitrogens with zero attached hydrogens (tertiary/aromatic N) is 2. The minimum absolute atomic E-state index is 0.0759. The molecule has 0 fully saturated rings. The number of rotatable bonds is 4. The van der Waals surface area contributed by atoms with Crippen LogP contribution in [0.4, 0.5) is 11.4 Å². The molecule has 0 aromatic heterocycles. The van der Waals surface area contributed by atoms with E-state index in [1.165, 1.54) is 31.4 Å². The number of aliphatic imine (C=N–C) groups is 1. The van der Waals surface area contributed by atoms with Crippen LogP contribution in [0, 0.1) is 10.1 Å². The highest BCUT2D eigenvalue weighted by Gasteiger charge is 2.33. The molecule has 0 saturated heterocycles. The second kappa shape index (κ2) is 7.91. The van der Waals surface area contributed by atoms with Crippen molar-refractivity contribution < 1.29 is 29.0 Å². The van der Waals surface area contributed by atoms with Crippen LogP contribution in [0.2, 0.25) is 0 Å². The van der Waals surface area contributed by atoms with Gasteiger partial charge in [0.25, 0.3) is 5.69 Å². The first-order valence-corrected chi connectivity index (χ1v) is 9.42. The Kier molecular flexibility index (Phi) is 5.15. The standard InChI is InChI=1S/C20H14N2O7S/c1-27-20(24)17-18(23)16(9-11-2-7-14-15(8-11)29-10-28-14)30-19(17)21-12-3-5-13(6-4-12)22(25)26/h2-9,23H,10H2,1H3/b16-9+,21-19?. The lowest BCUT2D eigenvalue weighted by Gasteiger charge is -2.01. The van der Waals surface area contributed by atoms with Gasteiger partial charge >= 0.3 is 5.97 Å². The van der Waals surface area contributed by atoms with Crippen LogP contribution in [0.1, 0.15) is 5.56 Å². The molecule has 0 amide bonds. The van der Waals surface area contributed by atoms with Crippen LogP contribution in [-0.2, 0) is 9.53 Å². The number of non-ortho nitro benzene ring substituents is 1. The van der Waals surface area contributed by atoms with E-state index in [9.17, 15) is 20.0 Å². The summed E-state index contributed by atoms with van der Waals surface area (Å²) in [6.07, 6.45) is 1.68. The van der Waals surface area contributed by atoms with E-state index in [1.54, 1.807) is 24.3 Å². The van der Waals surface area contributed by atoms with Crippen LogP contribution >= 0.6 is 11.8 Å². The van der Waals surface area contributed by atoms with E-state index in [1.807, 2.05) is 0 Å². The fourth-order valence-corrected chi connectivity index (χ4v) is 3.85. The van der Waals surface area contributed by atoms with Gasteiger partial charge in [-0.3, -0.25) is 10.1 Å². The smallest absolute Gasteiger partial charge is 0.344 e. The number of esters is 1. The highest BCUT2D eigenvalue weighted by atomic mass is 32.2. The maximum absolute atomic E-state index is 12.2. The molecule has 0 atom stereocenters. The summed E-state index contributed by atoms with van der Waals surface area (Å²) in [4.78, 5) is 27.3. The van der Waals surface area contributed by atoms with Crippen molar-refractivity contribution in [2.24, 2.45) is 4.99 Å². The summed E-state index contributed by atoms with van der Waals surface area (Å²) in [5, 5.41) is 21.7. The molecule has 4 rings (SSSR count). The lowest BCUT2D eigenvalue weighted by Crippen LogP contribution is -2.10. The van der Waals surface area contributed by atoms with Crippen LogP contribution in [0.5, 0.6) is 11.5 Å². The van der Waals surface area contributed by atoms with Gasteiger partial charge in [0.15, 0.2) is 11.5 Å². The molecule has 2 aromatic rings. The maximum atomic E-state index is 12.2. The van der Waals surface area contributed by atoms with Crippen molar-refractivity contribution in [1.82, 2.24) is 0 Å². The summed E-state index contributed by atoms with van der Waals surface area (Å²) in [7, 11) is 1.20. The number of aliphatic hydroxyl groups is 1. The SMILES string of the molecule is COC(=O)C1=C(O)/C(=C\c2ccc3c(c2)OCO3)SC1=Nc1ccc([N+](=O)[O-])cc1. The quantitative estimate of drug-likeness (QED) is 0.440. The number of fused-ring (bicyclic) bond motifs is 1. The fraction of sp³-hybridized carbons (Fsp3) is 0.100. The summed E-state index contributed by atoms with van der Waals surface area (Å²) in [6, 6.07) is 10.8. The van der Waals surface area contributed by atoms with E-state index < -0.39 is 10.9 Å². The second-order valence-corrected chi connectivity index (χ2v) is 7.16. The summed E-state index contributed by atoms with van der Waals surface area (Å²) >= 11 is 1.08. The summed E-state index contributed by atoms with van der Waals surface area (Å²) in [6.45, 7) is 0.147. The third-order valence-corrected chi connectivity index (χ3v) is 5.29. The number of thioether (sulfide) groups is 1. The Morgan fingerprint density at radius 2 is 1.97 bits per heavy atom. The molecule has 0 saturated carbocycles. The van der Waals surface area contributed by atoms with E-state index in [2.05, 4.69) is 4.99 Å². The Morgan fingerprint density at radius 3 is 2.67 bits per heavy atom. The number of nitro groups is 1. The molecule has 0 unspecified atom stereocenters. The van der Waals surface area contributed by atoms with Crippen LogP contribution < -0.4 is 9.47 Å². The maximum Gasteiger partial charge on any atom is 0.344 e. The largest absolute Gasteiger partial charge is 0.506 e. The molecular weight excluding hydrogens is 412 g/mol. The predicted molar refractivity (Wildman–Crippen MR) is 110 cm³/mol. The van der Waals surface area contributed by atoms with Gasteiger partial charge < -0.3 is 19.3 Å². The molecule has 2 aromatic carbocycles. The van der Waals surface area contributed by atoms with Gasteiger partial charge in [0.2, 0.25) is 6.79 Å². The number of hydrogen-bond donors (Lipinski definition) is 1. The number of nitro benzene ring substituents is 1. The van der Waals surface area contributed by atoms with Gasteiger partial charge in [-0.1, -0.05) is 17.8 Å². The van der Waals surface area contributed by atoms with Gasteiger partial charge in [0.1, 0.15) is 16.4 Å². The average molecular weight is 426 g/mol. The number of carbonyl (C=O) groups excluding carboxylic acids is 1. The lowest BCUT2D eigenvalue weighted by molar-refractivity contribution is -0.384. The van der Waals surface area contributed by atoms with Crippen LogP contribution in [0.15, 0.2) is 63.7 Å². The number of aliphatic hydroxyl groups excluding tert-OH is 1. The number of benzene rings is 2. The van der Waals surface area contributed by atoms with Gasteiger partial charge in [-0.05, 0) is 35.9 Å². The molecule has 0 radical (unpaired) electrons. The Balaban J connectivity index is 1.70. The molecule has 9 nitrogen and oxygen atoms in total. The minimum atomic E-state index is -0.741. The van der Waals surface area contributed by atoms with Crippen molar-refractivity contribution in [3.05, 3.63) is 74.4 Å². The molecule has 0 aliphatic carbocycles. The highest BCUT2D eigenvalue weighted by molar-refractivity contribution is 8.18. The Labute approximate surface area is 174 Å². The van der Waals surface area contributed by atoms with E-state index in [0.717, 1.165) is 17.3 Å². The molecule has 0 bridgehead atoms. The molecule has 1 N–H and O–H groups in total. The first kappa shape index (κ1) is 19.5. The first-order chi connectivity index (χ1) is 14.5. The third-order valence-electron chi connectivity index (χ3n) is 4.27. The van der Waals surface area contributed by atoms with Crippen LogP contribution in [0.25, 0.3) is 6.08 Å². The number of ether oxygens (including phenoxy) is 3. The fourth-order valence-electron chi connectivity index (χ4n) is 2.81. The summed E-state index contributed by atoms with van der Waals surface area (Å²) in [5.41, 5.74) is 0.969. The monoisotopic (exact) mass is 426 g/mol. The molecular formula is C20H14N2O7S.